The van der Waals surface area contributed by atoms with E-state index in [0.29, 0.717) is 6.07 Å². The second-order valence-electron chi connectivity index (χ2n) is 5.34. The largest absolute Gasteiger partial charge is 0.399 e. The highest BCUT2D eigenvalue weighted by atomic mass is 32.2. The molecule has 2 aromatic carbocycles. The minimum atomic E-state index is -4.56. The van der Waals surface area contributed by atoms with Gasteiger partial charge in [-0.05, 0) is 36.4 Å². The van der Waals surface area contributed by atoms with Gasteiger partial charge in [0.25, 0.3) is 40.5 Å². The van der Waals surface area contributed by atoms with Gasteiger partial charge >= 0.3 is 0 Å². The van der Waals surface area contributed by atoms with Crippen LogP contribution in [-0.2, 0) is 40.5 Å². The van der Waals surface area contributed by atoms with E-state index in [1.54, 1.807) is 0 Å². The quantitative estimate of drug-likeness (QED) is 0.226. The standard InChI is InChI=1S/2C6H7NO6S2/c7-4-1-5(14(8,9)10)3-6(2-4)15(11,12)13;7-5-3-4(14(8,9)10)1-2-6(5)15(11,12)13/h2*1-3H,7H2,(H,8,9,10)(H,11,12,13). The molecule has 2 rings (SSSR count). The van der Waals surface area contributed by atoms with Crippen LogP contribution in [0.5, 0.6) is 0 Å². The van der Waals surface area contributed by atoms with Crippen LogP contribution in [0.2, 0.25) is 0 Å². The van der Waals surface area contributed by atoms with Crippen molar-refractivity contribution in [2.24, 2.45) is 0 Å². The third kappa shape index (κ3) is 7.18. The first kappa shape index (κ1) is 25.7. The van der Waals surface area contributed by atoms with Crippen LogP contribution in [0.25, 0.3) is 0 Å². The van der Waals surface area contributed by atoms with Crippen molar-refractivity contribution in [1.82, 2.24) is 0 Å². The lowest BCUT2D eigenvalue weighted by Gasteiger charge is -2.03. The highest BCUT2D eigenvalue weighted by Crippen LogP contribution is 2.22. The lowest BCUT2D eigenvalue weighted by Crippen LogP contribution is -2.05. The molecular formula is C12H14N2O12S4. The van der Waals surface area contributed by atoms with Gasteiger partial charge < -0.3 is 11.5 Å². The summed E-state index contributed by atoms with van der Waals surface area (Å²) < 4.78 is 120. The van der Waals surface area contributed by atoms with Gasteiger partial charge in [0.2, 0.25) is 0 Å². The average molecular weight is 507 g/mol. The van der Waals surface area contributed by atoms with Gasteiger partial charge in [-0.1, -0.05) is 0 Å². The minimum absolute atomic E-state index is 0.210. The van der Waals surface area contributed by atoms with Gasteiger partial charge in [-0.25, -0.2) is 0 Å². The molecule has 0 unspecified atom stereocenters. The molecule has 18 heteroatoms. The third-order valence-electron chi connectivity index (χ3n) is 3.06. The summed E-state index contributed by atoms with van der Waals surface area (Å²) in [4.78, 5) is -2.56. The summed E-state index contributed by atoms with van der Waals surface area (Å²) in [6, 6.07) is 4.66. The fourth-order valence-corrected chi connectivity index (χ4v) is 4.12. The zero-order valence-electron chi connectivity index (χ0n) is 14.3. The first-order valence-corrected chi connectivity index (χ1v) is 12.7. The fourth-order valence-electron chi connectivity index (χ4n) is 1.81. The number of rotatable bonds is 4. The van der Waals surface area contributed by atoms with Gasteiger partial charge in [-0.3, -0.25) is 18.2 Å². The van der Waals surface area contributed by atoms with Crippen molar-refractivity contribution >= 4 is 51.8 Å². The highest BCUT2D eigenvalue weighted by molar-refractivity contribution is 7.87. The van der Waals surface area contributed by atoms with Crippen LogP contribution in [0, 0.1) is 0 Å². The van der Waals surface area contributed by atoms with E-state index in [1.807, 2.05) is 0 Å². The summed E-state index contributed by atoms with van der Waals surface area (Å²) in [6.45, 7) is 0. The molecule has 0 saturated heterocycles. The molecule has 14 nitrogen and oxygen atoms in total. The predicted octanol–water partition coefficient (Wildman–Crippen LogP) is -0.476. The monoisotopic (exact) mass is 506 g/mol. The second kappa shape index (κ2) is 8.43. The number of benzene rings is 2. The zero-order chi connectivity index (χ0) is 23.7. The Balaban J connectivity index is 0.000000300. The van der Waals surface area contributed by atoms with Crippen molar-refractivity contribution < 1.29 is 51.9 Å². The van der Waals surface area contributed by atoms with Crippen LogP contribution in [0.1, 0.15) is 0 Å². The van der Waals surface area contributed by atoms with Gasteiger partial charge in [-0.15, -0.1) is 0 Å². The summed E-state index contributed by atoms with van der Waals surface area (Å²) in [5.74, 6) is 0. The van der Waals surface area contributed by atoms with Gasteiger partial charge in [-0.2, -0.15) is 33.7 Å². The molecule has 168 valence electrons. The van der Waals surface area contributed by atoms with E-state index in [9.17, 15) is 33.7 Å². The van der Waals surface area contributed by atoms with Gasteiger partial charge in [0.1, 0.15) is 4.90 Å². The van der Waals surface area contributed by atoms with E-state index in [-0.39, 0.29) is 5.69 Å². The number of hydrogen-bond acceptors (Lipinski definition) is 10. The summed E-state index contributed by atoms with van der Waals surface area (Å²) in [6.07, 6.45) is 0. The van der Waals surface area contributed by atoms with Crippen LogP contribution < -0.4 is 11.5 Å². The summed E-state index contributed by atoms with van der Waals surface area (Å²) in [5, 5.41) is 0. The fraction of sp³-hybridized carbons (Fsp3) is 0. The number of anilines is 2. The van der Waals surface area contributed by atoms with E-state index in [2.05, 4.69) is 0 Å². The second-order valence-corrected chi connectivity index (χ2v) is 11.0. The molecule has 0 aliphatic heterocycles. The van der Waals surface area contributed by atoms with Gasteiger partial charge in [0.05, 0.1) is 20.4 Å². The SMILES string of the molecule is Nc1cc(S(=O)(=O)O)cc(S(=O)(=O)O)c1.Nc1cc(S(=O)(=O)O)ccc1S(=O)(=O)O. The average Bonchev–Trinajstić information content (AvgIpc) is 2.51. The molecule has 2 aromatic rings. The maximum atomic E-state index is 10.7. The molecule has 0 fully saturated rings. The molecule has 0 radical (unpaired) electrons. The molecular weight excluding hydrogens is 492 g/mol. The highest BCUT2D eigenvalue weighted by Gasteiger charge is 2.18. The molecule has 0 atom stereocenters. The Hall–Kier alpha value is -2.32. The van der Waals surface area contributed by atoms with Gasteiger partial charge in [0.15, 0.2) is 0 Å². The number of nitrogen functional groups attached to an aromatic ring is 2. The smallest absolute Gasteiger partial charge is 0.296 e. The van der Waals surface area contributed by atoms with Crippen LogP contribution in [0.3, 0.4) is 0 Å². The summed E-state index contributed by atoms with van der Waals surface area (Å²) in [7, 11) is -18.1. The Labute approximate surface area is 171 Å². The minimum Gasteiger partial charge on any atom is -0.399 e. The predicted molar refractivity (Wildman–Crippen MR) is 101 cm³/mol. The molecule has 0 bridgehead atoms. The van der Waals surface area contributed by atoms with Crippen molar-refractivity contribution in [3.63, 3.8) is 0 Å². The lowest BCUT2D eigenvalue weighted by molar-refractivity contribution is 0.479. The van der Waals surface area contributed by atoms with Gasteiger partial charge in [0, 0.05) is 5.69 Å². The molecule has 0 saturated carbocycles. The first-order valence-electron chi connectivity index (χ1n) is 6.93. The Kier molecular flexibility index (Phi) is 7.23. The summed E-state index contributed by atoms with van der Waals surface area (Å²) >= 11 is 0. The zero-order valence-corrected chi connectivity index (χ0v) is 17.6. The Morgan fingerprint density at radius 1 is 0.533 bits per heavy atom. The molecule has 0 amide bonds. The van der Waals surface area contributed by atoms with E-state index in [0.717, 1.165) is 30.3 Å². The summed E-state index contributed by atoms with van der Waals surface area (Å²) in [5.41, 5.74) is 9.72. The van der Waals surface area contributed by atoms with E-state index in [4.69, 9.17) is 29.7 Å². The number of hydrogen-bond donors (Lipinski definition) is 6. The molecule has 0 aliphatic carbocycles. The van der Waals surface area contributed by atoms with Crippen LogP contribution in [-0.4, -0.2) is 51.9 Å². The third-order valence-corrected chi connectivity index (χ3v) is 6.50. The van der Waals surface area contributed by atoms with E-state index < -0.39 is 65.7 Å². The van der Waals surface area contributed by atoms with Crippen LogP contribution in [0.15, 0.2) is 56.0 Å². The van der Waals surface area contributed by atoms with Crippen molar-refractivity contribution in [2.75, 3.05) is 11.5 Å². The van der Waals surface area contributed by atoms with Crippen molar-refractivity contribution in [3.8, 4) is 0 Å². The Morgan fingerprint density at radius 3 is 1.23 bits per heavy atom. The van der Waals surface area contributed by atoms with Crippen LogP contribution >= 0.6 is 0 Å². The first-order chi connectivity index (χ1) is 13.2. The molecule has 0 spiro atoms. The Morgan fingerprint density at radius 2 is 0.933 bits per heavy atom. The molecule has 30 heavy (non-hydrogen) atoms. The van der Waals surface area contributed by atoms with Crippen LogP contribution in [0.4, 0.5) is 11.4 Å². The molecule has 0 aromatic heterocycles. The van der Waals surface area contributed by atoms with Crippen molar-refractivity contribution in [3.05, 3.63) is 36.4 Å². The number of nitrogens with two attached hydrogens (primary N) is 2. The van der Waals surface area contributed by atoms with Crippen molar-refractivity contribution in [2.45, 2.75) is 19.6 Å². The van der Waals surface area contributed by atoms with Crippen molar-refractivity contribution in [1.29, 1.82) is 0 Å². The molecule has 0 aliphatic rings. The van der Waals surface area contributed by atoms with E-state index in [1.165, 1.54) is 0 Å². The maximum absolute atomic E-state index is 10.7. The lowest BCUT2D eigenvalue weighted by atomic mass is 10.3. The maximum Gasteiger partial charge on any atom is 0.296 e. The van der Waals surface area contributed by atoms with E-state index >= 15 is 0 Å². The molecule has 0 heterocycles. The normalized spacial score (nSPS) is 12.7. The molecule has 8 N–H and O–H groups in total. The topological polar surface area (TPSA) is 270 Å². The Bertz CT molecular complexity index is 1340.